The van der Waals surface area contributed by atoms with E-state index in [-0.39, 0.29) is 12.6 Å². The molecule has 0 aliphatic heterocycles. The summed E-state index contributed by atoms with van der Waals surface area (Å²) in [6.07, 6.45) is -9.86. The highest BCUT2D eigenvalue weighted by Gasteiger charge is 2.35. The first kappa shape index (κ1) is 24.7. The lowest BCUT2D eigenvalue weighted by molar-refractivity contribution is -0.384. The molecule has 3 aromatic rings. The molecule has 7 nitrogen and oxygen atoms in total. The number of alkyl halides is 6. The van der Waals surface area contributed by atoms with E-state index in [1.165, 1.54) is 0 Å². The highest BCUT2D eigenvalue weighted by molar-refractivity contribution is 5.59. The van der Waals surface area contributed by atoms with Crippen LogP contribution in [-0.2, 0) is 25.9 Å². The number of rotatable bonds is 4. The fourth-order valence-electron chi connectivity index (χ4n) is 3.24. The third kappa shape index (κ3) is 5.02. The molecule has 180 valence electrons. The van der Waals surface area contributed by atoms with Crippen molar-refractivity contribution in [2.24, 2.45) is 12.0 Å². The van der Waals surface area contributed by atoms with Crippen LogP contribution in [0.15, 0.2) is 58.3 Å². The van der Waals surface area contributed by atoms with E-state index in [0.29, 0.717) is 33.9 Å². The van der Waals surface area contributed by atoms with E-state index in [4.69, 9.17) is 0 Å². The molecule has 0 unspecified atom stereocenters. The molecular formula is C21H16F6N4O3. The van der Waals surface area contributed by atoms with Crippen LogP contribution in [0.5, 0.6) is 0 Å². The SMILES string of the molecule is Cc1ccccc1Cn1c(=O)cc(C(F)(F)F)n(C)c1=Nc1ccc(C(F)(F)F)cc1[N+](=O)[O-]. The summed E-state index contributed by atoms with van der Waals surface area (Å²) in [5.41, 5.74) is -4.90. The second-order valence-electron chi connectivity index (χ2n) is 7.31. The van der Waals surface area contributed by atoms with Gasteiger partial charge in [-0.2, -0.15) is 26.3 Å². The molecule has 3 rings (SSSR count). The van der Waals surface area contributed by atoms with Gasteiger partial charge >= 0.3 is 12.4 Å². The first-order valence-electron chi connectivity index (χ1n) is 9.53. The van der Waals surface area contributed by atoms with Crippen LogP contribution < -0.4 is 11.2 Å². The number of hydrogen-bond donors (Lipinski definition) is 0. The Morgan fingerprint density at radius 2 is 1.65 bits per heavy atom. The van der Waals surface area contributed by atoms with Crippen molar-refractivity contribution in [1.82, 2.24) is 9.13 Å². The maximum absolute atomic E-state index is 13.5. The number of aromatic nitrogens is 2. The van der Waals surface area contributed by atoms with E-state index in [0.717, 1.165) is 11.6 Å². The zero-order valence-electron chi connectivity index (χ0n) is 17.6. The molecule has 0 aliphatic rings. The van der Waals surface area contributed by atoms with Gasteiger partial charge in [-0.25, -0.2) is 4.99 Å². The van der Waals surface area contributed by atoms with E-state index in [2.05, 4.69) is 4.99 Å². The lowest BCUT2D eigenvalue weighted by Gasteiger charge is -2.17. The summed E-state index contributed by atoms with van der Waals surface area (Å²) in [7, 11) is 0.950. The van der Waals surface area contributed by atoms with Gasteiger partial charge in [0.15, 0.2) is 0 Å². The molecule has 13 heteroatoms. The minimum atomic E-state index is -4.97. The monoisotopic (exact) mass is 486 g/mol. The predicted molar refractivity (Wildman–Crippen MR) is 108 cm³/mol. The van der Waals surface area contributed by atoms with Gasteiger partial charge in [-0.1, -0.05) is 24.3 Å². The summed E-state index contributed by atoms with van der Waals surface area (Å²) < 4.78 is 81.0. The second kappa shape index (κ2) is 8.80. The average molecular weight is 486 g/mol. The van der Waals surface area contributed by atoms with Crippen LogP contribution in [-0.4, -0.2) is 14.1 Å². The van der Waals surface area contributed by atoms with Gasteiger partial charge in [-0.05, 0) is 30.2 Å². The summed E-state index contributed by atoms with van der Waals surface area (Å²) in [5, 5.41) is 11.4. The molecule has 0 N–H and O–H groups in total. The number of halogens is 6. The molecule has 0 aliphatic carbocycles. The Kier molecular flexibility index (Phi) is 6.40. The maximum Gasteiger partial charge on any atom is 0.431 e. The van der Waals surface area contributed by atoms with Crippen molar-refractivity contribution < 1.29 is 31.3 Å². The zero-order chi connectivity index (χ0) is 25.4. The highest BCUT2D eigenvalue weighted by atomic mass is 19.4. The number of aryl methyl sites for hydroxylation is 1. The Morgan fingerprint density at radius 3 is 2.21 bits per heavy atom. The first-order valence-corrected chi connectivity index (χ1v) is 9.53. The predicted octanol–water partition coefficient (Wildman–Crippen LogP) is 4.72. The summed E-state index contributed by atoms with van der Waals surface area (Å²) in [6, 6.07) is 8.48. The summed E-state index contributed by atoms with van der Waals surface area (Å²) in [4.78, 5) is 26.8. The van der Waals surface area contributed by atoms with Crippen molar-refractivity contribution >= 4 is 11.4 Å². The number of benzene rings is 2. The van der Waals surface area contributed by atoms with Crippen molar-refractivity contribution in [2.75, 3.05) is 0 Å². The lowest BCUT2D eigenvalue weighted by atomic mass is 10.1. The highest BCUT2D eigenvalue weighted by Crippen LogP contribution is 2.36. The lowest BCUT2D eigenvalue weighted by Crippen LogP contribution is -2.42. The van der Waals surface area contributed by atoms with Crippen molar-refractivity contribution in [2.45, 2.75) is 25.8 Å². The molecule has 0 bridgehead atoms. The van der Waals surface area contributed by atoms with Crippen LogP contribution in [0.1, 0.15) is 22.4 Å². The van der Waals surface area contributed by atoms with Crippen molar-refractivity contribution in [3.8, 4) is 0 Å². The van der Waals surface area contributed by atoms with E-state index < -0.39 is 51.1 Å². The van der Waals surface area contributed by atoms with Gasteiger partial charge in [0.05, 0.1) is 17.0 Å². The summed E-state index contributed by atoms with van der Waals surface area (Å²) in [5.74, 6) is 0. The topological polar surface area (TPSA) is 82.4 Å². The largest absolute Gasteiger partial charge is 0.431 e. The minimum absolute atomic E-state index is 0.231. The zero-order valence-corrected chi connectivity index (χ0v) is 17.6. The van der Waals surface area contributed by atoms with Crippen LogP contribution in [0.4, 0.5) is 37.7 Å². The number of hydrogen-bond acceptors (Lipinski definition) is 4. The van der Waals surface area contributed by atoms with Crippen LogP contribution >= 0.6 is 0 Å². The van der Waals surface area contributed by atoms with E-state index in [9.17, 15) is 41.3 Å². The van der Waals surface area contributed by atoms with Crippen LogP contribution in [0.25, 0.3) is 0 Å². The molecule has 2 aromatic carbocycles. The van der Waals surface area contributed by atoms with Gasteiger partial charge < -0.3 is 4.57 Å². The molecule has 0 radical (unpaired) electrons. The fraction of sp³-hybridized carbons (Fsp3) is 0.238. The number of nitro groups is 1. The van der Waals surface area contributed by atoms with E-state index in [1.807, 2.05) is 0 Å². The standard InChI is InChI=1S/C21H16F6N4O3/c1-12-5-3-4-6-13(12)11-30-18(32)10-17(21(25,26)27)29(2)19(30)28-15-8-7-14(20(22,23)24)9-16(15)31(33)34/h3-10H,11H2,1-2H3. The summed E-state index contributed by atoms with van der Waals surface area (Å²) >= 11 is 0. The number of nitro benzene ring substituents is 1. The molecule has 1 aromatic heterocycles. The van der Waals surface area contributed by atoms with Gasteiger partial charge in [0, 0.05) is 19.2 Å². The third-order valence-corrected chi connectivity index (χ3v) is 5.03. The molecule has 0 amide bonds. The van der Waals surface area contributed by atoms with Crippen LogP contribution in [0.2, 0.25) is 0 Å². The molecule has 0 atom stereocenters. The fourth-order valence-corrected chi connectivity index (χ4v) is 3.24. The van der Waals surface area contributed by atoms with Crippen LogP contribution in [0, 0.1) is 17.0 Å². The van der Waals surface area contributed by atoms with E-state index in [1.54, 1.807) is 31.2 Å². The van der Waals surface area contributed by atoms with Crippen LogP contribution in [0.3, 0.4) is 0 Å². The van der Waals surface area contributed by atoms with Gasteiger partial charge in [0.25, 0.3) is 11.2 Å². The summed E-state index contributed by atoms with van der Waals surface area (Å²) in [6.45, 7) is 1.48. The molecule has 1 heterocycles. The molecule has 34 heavy (non-hydrogen) atoms. The molecule has 0 fully saturated rings. The van der Waals surface area contributed by atoms with Crippen molar-refractivity contribution in [3.05, 3.63) is 97.0 Å². The Labute approximate surface area is 187 Å². The minimum Gasteiger partial charge on any atom is -0.310 e. The molecule has 0 saturated carbocycles. The Bertz CT molecular complexity index is 1390. The number of nitrogens with zero attached hydrogens (tertiary/aromatic N) is 4. The van der Waals surface area contributed by atoms with Gasteiger partial charge in [0.1, 0.15) is 11.4 Å². The normalized spacial score (nSPS) is 12.8. The first-order chi connectivity index (χ1) is 15.7. The van der Waals surface area contributed by atoms with Crippen molar-refractivity contribution in [3.63, 3.8) is 0 Å². The molecule has 0 saturated heterocycles. The smallest absolute Gasteiger partial charge is 0.310 e. The Hall–Kier alpha value is -3.90. The second-order valence-corrected chi connectivity index (χ2v) is 7.31. The van der Waals surface area contributed by atoms with Crippen molar-refractivity contribution in [1.29, 1.82) is 0 Å². The molecular weight excluding hydrogens is 470 g/mol. The van der Waals surface area contributed by atoms with Gasteiger partial charge in [-0.15, -0.1) is 0 Å². The third-order valence-electron chi connectivity index (χ3n) is 5.03. The Morgan fingerprint density at radius 1 is 1.00 bits per heavy atom. The average Bonchev–Trinajstić information content (AvgIpc) is 2.72. The molecule has 0 spiro atoms. The van der Waals surface area contributed by atoms with E-state index >= 15 is 0 Å². The maximum atomic E-state index is 13.5. The Balaban J connectivity index is 2.38. The van der Waals surface area contributed by atoms with Gasteiger partial charge in [-0.3, -0.25) is 19.5 Å². The van der Waals surface area contributed by atoms with Gasteiger partial charge in [0.2, 0.25) is 5.62 Å². The quantitative estimate of drug-likeness (QED) is 0.304.